The lowest BCUT2D eigenvalue weighted by molar-refractivity contribution is 0.140. The fourth-order valence-corrected chi connectivity index (χ4v) is 2.14. The number of benzene rings is 1. The molecule has 0 aromatic heterocycles. The minimum Gasteiger partial charge on any atom is -0.475 e. The highest BCUT2D eigenvalue weighted by molar-refractivity contribution is 9.10. The SMILES string of the molecule is CCNC1CCc2cc(Br)ccc2O1. The molecule has 0 fully saturated rings. The zero-order valence-electron chi connectivity index (χ0n) is 8.22. The second-order valence-electron chi connectivity index (χ2n) is 3.45. The van der Waals surface area contributed by atoms with E-state index in [0.717, 1.165) is 29.6 Å². The van der Waals surface area contributed by atoms with Gasteiger partial charge in [0.1, 0.15) is 5.75 Å². The standard InChI is InChI=1S/C11H14BrNO/c1-2-13-11-6-3-8-7-9(12)4-5-10(8)14-11/h4-5,7,11,13H,2-3,6H2,1H3. The third-order valence-electron chi connectivity index (χ3n) is 2.40. The maximum Gasteiger partial charge on any atom is 0.150 e. The summed E-state index contributed by atoms with van der Waals surface area (Å²) in [6.45, 7) is 3.05. The number of hydrogen-bond donors (Lipinski definition) is 1. The summed E-state index contributed by atoms with van der Waals surface area (Å²) in [6, 6.07) is 6.19. The Morgan fingerprint density at radius 3 is 3.21 bits per heavy atom. The lowest BCUT2D eigenvalue weighted by Crippen LogP contribution is -2.37. The van der Waals surface area contributed by atoms with Gasteiger partial charge in [0.05, 0.1) is 0 Å². The molecule has 0 bridgehead atoms. The largest absolute Gasteiger partial charge is 0.475 e. The lowest BCUT2D eigenvalue weighted by Gasteiger charge is -2.26. The summed E-state index contributed by atoms with van der Waals surface area (Å²) >= 11 is 3.47. The highest BCUT2D eigenvalue weighted by Crippen LogP contribution is 2.29. The van der Waals surface area contributed by atoms with Crippen molar-refractivity contribution in [1.82, 2.24) is 5.32 Å². The Kier molecular flexibility index (Phi) is 3.08. The van der Waals surface area contributed by atoms with Crippen LogP contribution in [0.5, 0.6) is 5.75 Å². The monoisotopic (exact) mass is 255 g/mol. The summed E-state index contributed by atoms with van der Waals surface area (Å²) in [7, 11) is 0. The molecule has 1 aromatic carbocycles. The number of halogens is 1. The normalized spacial score (nSPS) is 20.0. The van der Waals surface area contributed by atoms with E-state index >= 15 is 0 Å². The van der Waals surface area contributed by atoms with Gasteiger partial charge in [-0.1, -0.05) is 22.9 Å². The van der Waals surface area contributed by atoms with E-state index in [1.54, 1.807) is 0 Å². The van der Waals surface area contributed by atoms with Crippen molar-refractivity contribution in [2.24, 2.45) is 0 Å². The second-order valence-corrected chi connectivity index (χ2v) is 4.37. The summed E-state index contributed by atoms with van der Waals surface area (Å²) < 4.78 is 6.92. The van der Waals surface area contributed by atoms with E-state index < -0.39 is 0 Å². The molecule has 0 spiro atoms. The van der Waals surface area contributed by atoms with Crippen LogP contribution in [-0.2, 0) is 6.42 Å². The third kappa shape index (κ3) is 2.10. The highest BCUT2D eigenvalue weighted by atomic mass is 79.9. The molecular formula is C11H14BrNO. The van der Waals surface area contributed by atoms with E-state index in [4.69, 9.17) is 4.74 Å². The van der Waals surface area contributed by atoms with Crippen LogP contribution in [0.3, 0.4) is 0 Å². The summed E-state index contributed by atoms with van der Waals surface area (Å²) in [6.07, 6.45) is 2.33. The molecule has 1 aliphatic rings. The molecule has 1 atom stereocenters. The van der Waals surface area contributed by atoms with Gasteiger partial charge in [-0.2, -0.15) is 0 Å². The number of rotatable bonds is 2. The molecule has 0 saturated heterocycles. The quantitative estimate of drug-likeness (QED) is 0.878. The molecule has 1 heterocycles. The minimum absolute atomic E-state index is 0.189. The van der Waals surface area contributed by atoms with Crippen LogP contribution in [0.4, 0.5) is 0 Å². The molecule has 1 aromatic rings. The van der Waals surface area contributed by atoms with Crippen molar-refractivity contribution in [2.45, 2.75) is 26.0 Å². The first kappa shape index (κ1) is 9.99. The molecule has 76 valence electrons. The fraction of sp³-hybridized carbons (Fsp3) is 0.455. The van der Waals surface area contributed by atoms with E-state index in [1.807, 2.05) is 12.1 Å². The average Bonchev–Trinajstić information content (AvgIpc) is 2.19. The zero-order valence-corrected chi connectivity index (χ0v) is 9.80. The predicted octanol–water partition coefficient (Wildman–Crippen LogP) is 2.71. The van der Waals surface area contributed by atoms with Gasteiger partial charge in [0, 0.05) is 10.9 Å². The van der Waals surface area contributed by atoms with Gasteiger partial charge in [0.25, 0.3) is 0 Å². The third-order valence-corrected chi connectivity index (χ3v) is 2.89. The van der Waals surface area contributed by atoms with Gasteiger partial charge in [-0.3, -0.25) is 5.32 Å². The average molecular weight is 256 g/mol. The van der Waals surface area contributed by atoms with Gasteiger partial charge < -0.3 is 4.74 Å². The fourth-order valence-electron chi connectivity index (χ4n) is 1.73. The maximum atomic E-state index is 5.80. The van der Waals surface area contributed by atoms with Crippen LogP contribution in [0, 0.1) is 0 Å². The zero-order chi connectivity index (χ0) is 9.97. The Morgan fingerprint density at radius 2 is 2.43 bits per heavy atom. The topological polar surface area (TPSA) is 21.3 Å². The van der Waals surface area contributed by atoms with Crippen LogP contribution in [0.1, 0.15) is 18.9 Å². The molecule has 2 nitrogen and oxygen atoms in total. The Morgan fingerprint density at radius 1 is 1.57 bits per heavy atom. The second kappa shape index (κ2) is 4.32. The van der Waals surface area contributed by atoms with E-state index in [-0.39, 0.29) is 6.23 Å². The first-order valence-electron chi connectivity index (χ1n) is 4.98. The van der Waals surface area contributed by atoms with Crippen molar-refractivity contribution in [3.05, 3.63) is 28.2 Å². The van der Waals surface area contributed by atoms with Gasteiger partial charge in [-0.25, -0.2) is 0 Å². The molecule has 14 heavy (non-hydrogen) atoms. The molecule has 1 aliphatic heterocycles. The first-order chi connectivity index (χ1) is 6.79. The van der Waals surface area contributed by atoms with E-state index in [0.29, 0.717) is 0 Å². The number of ether oxygens (including phenoxy) is 1. The van der Waals surface area contributed by atoms with Gasteiger partial charge in [0.15, 0.2) is 6.23 Å². The molecule has 1 N–H and O–H groups in total. The van der Waals surface area contributed by atoms with Crippen molar-refractivity contribution in [1.29, 1.82) is 0 Å². The van der Waals surface area contributed by atoms with Crippen LogP contribution >= 0.6 is 15.9 Å². The van der Waals surface area contributed by atoms with E-state index in [1.165, 1.54) is 5.56 Å². The van der Waals surface area contributed by atoms with Gasteiger partial charge in [0.2, 0.25) is 0 Å². The van der Waals surface area contributed by atoms with Gasteiger partial charge in [-0.15, -0.1) is 0 Å². The predicted molar refractivity (Wildman–Crippen MR) is 60.6 cm³/mol. The number of hydrogen-bond acceptors (Lipinski definition) is 2. The molecule has 0 aliphatic carbocycles. The summed E-state index contributed by atoms with van der Waals surface area (Å²) in [5.74, 6) is 1.02. The van der Waals surface area contributed by atoms with Crippen molar-refractivity contribution >= 4 is 15.9 Å². The number of fused-ring (bicyclic) bond motifs is 1. The van der Waals surface area contributed by atoms with Crippen molar-refractivity contribution < 1.29 is 4.74 Å². The Balaban J connectivity index is 2.15. The molecular weight excluding hydrogens is 242 g/mol. The Labute approximate surface area is 92.8 Å². The smallest absolute Gasteiger partial charge is 0.150 e. The summed E-state index contributed by atoms with van der Waals surface area (Å²) in [4.78, 5) is 0. The van der Waals surface area contributed by atoms with Crippen molar-refractivity contribution in [2.75, 3.05) is 6.54 Å². The van der Waals surface area contributed by atoms with Crippen molar-refractivity contribution in [3.63, 3.8) is 0 Å². The van der Waals surface area contributed by atoms with Crippen molar-refractivity contribution in [3.8, 4) is 5.75 Å². The number of aryl methyl sites for hydroxylation is 1. The molecule has 2 rings (SSSR count). The number of nitrogens with one attached hydrogen (secondary N) is 1. The minimum atomic E-state index is 0.189. The molecule has 0 radical (unpaired) electrons. The molecule has 0 amide bonds. The van der Waals surface area contributed by atoms with Crippen LogP contribution in [0.2, 0.25) is 0 Å². The molecule has 1 unspecified atom stereocenters. The lowest BCUT2D eigenvalue weighted by atomic mass is 10.1. The first-order valence-corrected chi connectivity index (χ1v) is 5.77. The Hall–Kier alpha value is -0.540. The van der Waals surface area contributed by atoms with Gasteiger partial charge in [-0.05, 0) is 36.7 Å². The van der Waals surface area contributed by atoms with E-state index in [9.17, 15) is 0 Å². The van der Waals surface area contributed by atoms with E-state index in [2.05, 4.69) is 34.2 Å². The van der Waals surface area contributed by atoms with Gasteiger partial charge >= 0.3 is 0 Å². The summed E-state index contributed by atoms with van der Waals surface area (Å²) in [5, 5.41) is 3.31. The van der Waals surface area contributed by atoms with Crippen LogP contribution in [0.15, 0.2) is 22.7 Å². The molecule has 3 heteroatoms. The van der Waals surface area contributed by atoms with Crippen LogP contribution in [-0.4, -0.2) is 12.8 Å². The molecule has 0 saturated carbocycles. The Bertz CT molecular complexity index is 327. The highest BCUT2D eigenvalue weighted by Gasteiger charge is 2.18. The van der Waals surface area contributed by atoms with Crippen LogP contribution < -0.4 is 10.1 Å². The van der Waals surface area contributed by atoms with Crippen LogP contribution in [0.25, 0.3) is 0 Å². The maximum absolute atomic E-state index is 5.80. The summed E-state index contributed by atoms with van der Waals surface area (Å²) in [5.41, 5.74) is 1.30.